The van der Waals surface area contributed by atoms with Gasteiger partial charge >= 0.3 is 0 Å². The number of H-pyrrole nitrogens is 1. The average Bonchev–Trinajstić information content (AvgIpc) is 3.02. The Hall–Kier alpha value is -2.36. The number of benzene rings is 1. The highest BCUT2D eigenvalue weighted by molar-refractivity contribution is 6.14. The molecule has 106 valence electrons. The lowest BCUT2D eigenvalue weighted by Crippen LogP contribution is -2.26. The minimum Gasteiger partial charge on any atom is -0.361 e. The number of carbonyl (C=O) groups is 1. The van der Waals surface area contributed by atoms with Crippen molar-refractivity contribution in [3.05, 3.63) is 47.8 Å². The van der Waals surface area contributed by atoms with Crippen LogP contribution in [0.3, 0.4) is 0 Å². The Kier molecular flexibility index (Phi) is 2.88. The van der Waals surface area contributed by atoms with Crippen molar-refractivity contribution in [3.63, 3.8) is 0 Å². The fraction of sp³-hybridized carbons (Fsp3) is 0.294. The summed E-state index contributed by atoms with van der Waals surface area (Å²) in [6, 6.07) is 8.18. The Morgan fingerprint density at radius 1 is 1.33 bits per heavy atom. The maximum Gasteiger partial charge on any atom is 0.269 e. The van der Waals surface area contributed by atoms with Gasteiger partial charge in [-0.15, -0.1) is 0 Å². The van der Waals surface area contributed by atoms with E-state index in [4.69, 9.17) is 0 Å². The molecule has 2 heterocycles. The number of aromatic amines is 1. The summed E-state index contributed by atoms with van der Waals surface area (Å²) >= 11 is 0. The number of rotatable bonds is 4. The highest BCUT2D eigenvalue weighted by atomic mass is 16.2. The molecule has 0 bridgehead atoms. The number of aliphatic imine (C=N–C) groups is 1. The van der Waals surface area contributed by atoms with Gasteiger partial charge in [-0.3, -0.25) is 4.79 Å². The fourth-order valence-electron chi connectivity index (χ4n) is 2.73. The zero-order chi connectivity index (χ0) is 14.2. The molecule has 1 saturated carbocycles. The number of nitrogens with one attached hydrogen (secondary N) is 2. The predicted octanol–water partition coefficient (Wildman–Crippen LogP) is 2.77. The van der Waals surface area contributed by atoms with Gasteiger partial charge in [0.2, 0.25) is 0 Å². The highest BCUT2D eigenvalue weighted by Gasteiger charge is 2.23. The normalized spacial score (nSPS) is 17.7. The van der Waals surface area contributed by atoms with E-state index < -0.39 is 0 Å². The first-order valence-electron chi connectivity index (χ1n) is 7.43. The summed E-state index contributed by atoms with van der Waals surface area (Å²) in [6.45, 7) is 0.786. The minimum absolute atomic E-state index is 0.0434. The summed E-state index contributed by atoms with van der Waals surface area (Å²) < 4.78 is 0. The van der Waals surface area contributed by atoms with Gasteiger partial charge in [0.25, 0.3) is 5.91 Å². The lowest BCUT2D eigenvalue weighted by Gasteiger charge is -2.04. The molecule has 1 aliphatic heterocycles. The second kappa shape index (κ2) is 4.88. The van der Waals surface area contributed by atoms with Crippen molar-refractivity contribution in [1.29, 1.82) is 0 Å². The molecule has 0 unspecified atom stereocenters. The van der Waals surface area contributed by atoms with Gasteiger partial charge in [0.1, 0.15) is 5.70 Å². The second-order valence-electron chi connectivity index (χ2n) is 5.75. The molecule has 0 radical (unpaired) electrons. The Morgan fingerprint density at radius 2 is 2.24 bits per heavy atom. The Labute approximate surface area is 123 Å². The minimum atomic E-state index is -0.0434. The Bertz CT molecular complexity index is 765. The molecule has 4 nitrogen and oxygen atoms in total. The van der Waals surface area contributed by atoms with Gasteiger partial charge in [-0.05, 0) is 37.0 Å². The summed E-state index contributed by atoms with van der Waals surface area (Å²) in [6.07, 6.45) is 7.05. The van der Waals surface area contributed by atoms with E-state index in [0.717, 1.165) is 35.1 Å². The van der Waals surface area contributed by atoms with E-state index in [9.17, 15) is 4.79 Å². The van der Waals surface area contributed by atoms with Crippen LogP contribution in [-0.4, -0.2) is 23.1 Å². The van der Waals surface area contributed by atoms with Crippen molar-refractivity contribution in [2.45, 2.75) is 19.3 Å². The first kappa shape index (κ1) is 12.4. The van der Waals surface area contributed by atoms with Gasteiger partial charge in [0.05, 0.1) is 5.71 Å². The molecule has 4 heteroatoms. The quantitative estimate of drug-likeness (QED) is 0.888. The maximum absolute atomic E-state index is 12.1. The fourth-order valence-corrected chi connectivity index (χ4v) is 2.73. The smallest absolute Gasteiger partial charge is 0.269 e. The molecule has 1 aliphatic carbocycles. The maximum atomic E-state index is 12.1. The molecule has 1 amide bonds. The molecular formula is C17H17N3O. The number of nitrogens with zero attached hydrogens (tertiary/aromatic N) is 1. The highest BCUT2D eigenvalue weighted by Crippen LogP contribution is 2.28. The summed E-state index contributed by atoms with van der Waals surface area (Å²) in [5, 5.41) is 4.13. The SMILES string of the molecule is O=C(NCC1CC1)C1=CCC(c2cccc3[nH]ccc23)=N1. The number of fused-ring (bicyclic) bond motifs is 1. The van der Waals surface area contributed by atoms with Gasteiger partial charge < -0.3 is 10.3 Å². The largest absolute Gasteiger partial charge is 0.361 e. The van der Waals surface area contributed by atoms with E-state index in [-0.39, 0.29) is 5.91 Å². The molecule has 0 spiro atoms. The molecule has 1 aromatic heterocycles. The van der Waals surface area contributed by atoms with E-state index in [1.54, 1.807) is 0 Å². The summed E-state index contributed by atoms with van der Waals surface area (Å²) in [4.78, 5) is 19.8. The lowest BCUT2D eigenvalue weighted by molar-refractivity contribution is -0.117. The van der Waals surface area contributed by atoms with E-state index in [1.807, 2.05) is 24.4 Å². The van der Waals surface area contributed by atoms with Crippen LogP contribution in [0.15, 0.2) is 47.2 Å². The van der Waals surface area contributed by atoms with Crippen LogP contribution < -0.4 is 5.32 Å². The molecule has 4 rings (SSSR count). The summed E-state index contributed by atoms with van der Waals surface area (Å²) in [7, 11) is 0. The topological polar surface area (TPSA) is 57.2 Å². The van der Waals surface area contributed by atoms with Crippen LogP contribution in [0.1, 0.15) is 24.8 Å². The molecule has 2 aliphatic rings. The zero-order valence-electron chi connectivity index (χ0n) is 11.7. The number of allylic oxidation sites excluding steroid dienone is 1. The third kappa shape index (κ3) is 2.37. The van der Waals surface area contributed by atoms with Crippen molar-refractivity contribution in [1.82, 2.24) is 10.3 Å². The van der Waals surface area contributed by atoms with Crippen LogP contribution in [0, 0.1) is 5.92 Å². The number of hydrogen-bond donors (Lipinski definition) is 2. The third-order valence-electron chi connectivity index (χ3n) is 4.13. The number of hydrogen-bond acceptors (Lipinski definition) is 2. The van der Waals surface area contributed by atoms with Gasteiger partial charge in [0, 0.05) is 35.6 Å². The molecule has 2 aromatic rings. The molecule has 1 aromatic carbocycles. The number of carbonyl (C=O) groups excluding carboxylic acids is 1. The van der Waals surface area contributed by atoms with Gasteiger partial charge in [0.15, 0.2) is 0 Å². The first-order chi connectivity index (χ1) is 10.3. The van der Waals surface area contributed by atoms with E-state index in [2.05, 4.69) is 27.4 Å². The van der Waals surface area contributed by atoms with Crippen LogP contribution in [0.25, 0.3) is 10.9 Å². The molecule has 0 saturated heterocycles. The predicted molar refractivity (Wildman–Crippen MR) is 83.3 cm³/mol. The van der Waals surface area contributed by atoms with Crippen molar-refractivity contribution in [2.75, 3.05) is 6.54 Å². The summed E-state index contributed by atoms with van der Waals surface area (Å²) in [5.74, 6) is 0.645. The third-order valence-corrected chi connectivity index (χ3v) is 4.13. The van der Waals surface area contributed by atoms with Crippen molar-refractivity contribution >= 4 is 22.5 Å². The zero-order valence-corrected chi connectivity index (χ0v) is 11.7. The van der Waals surface area contributed by atoms with E-state index >= 15 is 0 Å². The number of aromatic nitrogens is 1. The number of amides is 1. The van der Waals surface area contributed by atoms with Gasteiger partial charge in [-0.2, -0.15) is 0 Å². The van der Waals surface area contributed by atoms with Crippen LogP contribution in [0.4, 0.5) is 0 Å². The molecular weight excluding hydrogens is 262 g/mol. The first-order valence-corrected chi connectivity index (χ1v) is 7.43. The van der Waals surface area contributed by atoms with Crippen molar-refractivity contribution in [3.8, 4) is 0 Å². The molecule has 1 fully saturated rings. The van der Waals surface area contributed by atoms with Gasteiger partial charge in [-0.25, -0.2) is 4.99 Å². The van der Waals surface area contributed by atoms with Crippen molar-refractivity contribution in [2.24, 2.45) is 10.9 Å². The average molecular weight is 279 g/mol. The van der Waals surface area contributed by atoms with E-state index in [0.29, 0.717) is 11.6 Å². The van der Waals surface area contributed by atoms with Crippen molar-refractivity contribution < 1.29 is 4.79 Å². The molecule has 21 heavy (non-hydrogen) atoms. The lowest BCUT2D eigenvalue weighted by atomic mass is 10.0. The monoisotopic (exact) mass is 279 g/mol. The van der Waals surface area contributed by atoms with E-state index in [1.165, 1.54) is 12.8 Å². The summed E-state index contributed by atoms with van der Waals surface area (Å²) in [5.41, 5.74) is 3.73. The van der Waals surface area contributed by atoms with Gasteiger partial charge in [-0.1, -0.05) is 12.1 Å². The second-order valence-corrected chi connectivity index (χ2v) is 5.75. The van der Waals surface area contributed by atoms with Crippen LogP contribution in [0.5, 0.6) is 0 Å². The molecule has 0 atom stereocenters. The molecule has 2 N–H and O–H groups in total. The van der Waals surface area contributed by atoms with Crippen LogP contribution in [-0.2, 0) is 4.79 Å². The standard InChI is InChI=1S/C17H17N3O/c21-17(19-10-11-4-5-11)16-7-6-15(20-16)12-2-1-3-14-13(12)8-9-18-14/h1-3,7-9,11,18H,4-6,10H2,(H,19,21). The Morgan fingerprint density at radius 3 is 3.10 bits per heavy atom. The Balaban J connectivity index is 1.55. The van der Waals surface area contributed by atoms with Crippen LogP contribution >= 0.6 is 0 Å². The van der Waals surface area contributed by atoms with Crippen LogP contribution in [0.2, 0.25) is 0 Å².